The standard InChI is InChI=1S/C18H13ClN2O2/c19-13-3-6-15-16(10-13)20-17-12(7-8-21(17)18(15)23)9-11-1-4-14(22)5-2-11/h1-6,9-10,22H,7-8H2/b12-9+. The lowest BCUT2D eigenvalue weighted by Gasteiger charge is -2.06. The lowest BCUT2D eigenvalue weighted by atomic mass is 10.1. The van der Waals surface area contributed by atoms with E-state index in [1.807, 2.05) is 18.2 Å². The van der Waals surface area contributed by atoms with E-state index in [1.165, 1.54) is 0 Å². The molecule has 2 heterocycles. The van der Waals surface area contributed by atoms with Gasteiger partial charge in [-0.25, -0.2) is 4.98 Å². The molecule has 0 saturated heterocycles. The first-order chi connectivity index (χ1) is 11.1. The van der Waals surface area contributed by atoms with Crippen LogP contribution in [0.15, 0.2) is 47.3 Å². The quantitative estimate of drug-likeness (QED) is 0.742. The summed E-state index contributed by atoms with van der Waals surface area (Å²) in [6, 6.07) is 12.1. The highest BCUT2D eigenvalue weighted by Gasteiger charge is 2.20. The van der Waals surface area contributed by atoms with Crippen LogP contribution in [-0.2, 0) is 6.54 Å². The van der Waals surface area contributed by atoms with Crippen molar-refractivity contribution in [1.29, 1.82) is 0 Å². The molecule has 2 aromatic carbocycles. The average molecular weight is 325 g/mol. The van der Waals surface area contributed by atoms with Crippen molar-refractivity contribution in [3.63, 3.8) is 0 Å². The van der Waals surface area contributed by atoms with E-state index >= 15 is 0 Å². The zero-order valence-corrected chi connectivity index (χ0v) is 12.9. The minimum Gasteiger partial charge on any atom is -0.508 e. The van der Waals surface area contributed by atoms with Crippen molar-refractivity contribution in [3.8, 4) is 5.75 Å². The molecule has 3 aromatic rings. The van der Waals surface area contributed by atoms with E-state index in [1.54, 1.807) is 34.9 Å². The number of aromatic nitrogens is 2. The Morgan fingerprint density at radius 2 is 1.96 bits per heavy atom. The second-order valence-electron chi connectivity index (χ2n) is 5.56. The van der Waals surface area contributed by atoms with E-state index in [0.717, 1.165) is 17.6 Å². The third kappa shape index (κ3) is 2.41. The lowest BCUT2D eigenvalue weighted by Crippen LogP contribution is -2.20. The summed E-state index contributed by atoms with van der Waals surface area (Å²) in [5, 5.41) is 10.5. The van der Waals surface area contributed by atoms with Gasteiger partial charge in [0, 0.05) is 11.6 Å². The Balaban J connectivity index is 1.89. The number of allylic oxidation sites excluding steroid dienone is 1. The van der Waals surface area contributed by atoms with Crippen molar-refractivity contribution in [2.24, 2.45) is 0 Å². The van der Waals surface area contributed by atoms with Gasteiger partial charge >= 0.3 is 0 Å². The Morgan fingerprint density at radius 3 is 2.74 bits per heavy atom. The van der Waals surface area contributed by atoms with Crippen LogP contribution in [0.2, 0.25) is 5.02 Å². The van der Waals surface area contributed by atoms with Crippen LogP contribution in [-0.4, -0.2) is 14.7 Å². The fourth-order valence-electron chi connectivity index (χ4n) is 2.90. The molecule has 0 atom stereocenters. The first-order valence-corrected chi connectivity index (χ1v) is 7.70. The highest BCUT2D eigenvalue weighted by molar-refractivity contribution is 6.31. The molecule has 0 saturated carbocycles. The average Bonchev–Trinajstić information content (AvgIpc) is 2.93. The van der Waals surface area contributed by atoms with Crippen LogP contribution >= 0.6 is 11.6 Å². The smallest absolute Gasteiger partial charge is 0.261 e. The largest absolute Gasteiger partial charge is 0.508 e. The van der Waals surface area contributed by atoms with Gasteiger partial charge in [0.05, 0.1) is 10.9 Å². The Morgan fingerprint density at radius 1 is 1.17 bits per heavy atom. The molecule has 1 aromatic heterocycles. The van der Waals surface area contributed by atoms with Gasteiger partial charge in [0.2, 0.25) is 0 Å². The number of fused-ring (bicyclic) bond motifs is 2. The third-order valence-electron chi connectivity index (χ3n) is 4.04. The van der Waals surface area contributed by atoms with Gasteiger partial charge in [-0.1, -0.05) is 23.7 Å². The molecule has 0 radical (unpaired) electrons. The van der Waals surface area contributed by atoms with Crippen LogP contribution in [0.1, 0.15) is 17.8 Å². The normalized spacial score (nSPS) is 15.3. The first kappa shape index (κ1) is 14.0. The first-order valence-electron chi connectivity index (χ1n) is 7.32. The number of phenols is 1. The molecule has 1 aliphatic rings. The molecule has 4 rings (SSSR count). The van der Waals surface area contributed by atoms with Crippen LogP contribution in [0.5, 0.6) is 5.75 Å². The Labute approximate surface area is 137 Å². The number of rotatable bonds is 1. The minimum atomic E-state index is -0.0317. The molecule has 0 aliphatic carbocycles. The summed E-state index contributed by atoms with van der Waals surface area (Å²) in [6.07, 6.45) is 2.76. The summed E-state index contributed by atoms with van der Waals surface area (Å²) in [7, 11) is 0. The second-order valence-corrected chi connectivity index (χ2v) is 6.00. The van der Waals surface area contributed by atoms with Crippen molar-refractivity contribution < 1.29 is 5.11 Å². The zero-order valence-electron chi connectivity index (χ0n) is 12.2. The molecule has 0 amide bonds. The number of phenolic OH excluding ortho intramolecular Hbond substituents is 1. The third-order valence-corrected chi connectivity index (χ3v) is 4.28. The van der Waals surface area contributed by atoms with Crippen LogP contribution < -0.4 is 5.56 Å². The fourth-order valence-corrected chi connectivity index (χ4v) is 3.07. The maximum atomic E-state index is 12.6. The van der Waals surface area contributed by atoms with Gasteiger partial charge in [-0.05, 0) is 54.0 Å². The van der Waals surface area contributed by atoms with Gasteiger partial charge in [-0.2, -0.15) is 0 Å². The summed E-state index contributed by atoms with van der Waals surface area (Å²) in [4.78, 5) is 17.2. The van der Waals surface area contributed by atoms with Crippen molar-refractivity contribution in [3.05, 3.63) is 69.2 Å². The summed E-state index contributed by atoms with van der Waals surface area (Å²) < 4.78 is 1.71. The predicted molar refractivity (Wildman–Crippen MR) is 91.6 cm³/mol. The van der Waals surface area contributed by atoms with Gasteiger partial charge in [-0.3, -0.25) is 9.36 Å². The number of hydrogen-bond donors (Lipinski definition) is 1. The van der Waals surface area contributed by atoms with E-state index < -0.39 is 0 Å². The molecular weight excluding hydrogens is 312 g/mol. The van der Waals surface area contributed by atoms with Gasteiger partial charge in [0.25, 0.3) is 5.56 Å². The highest BCUT2D eigenvalue weighted by Crippen LogP contribution is 2.28. The van der Waals surface area contributed by atoms with Crippen molar-refractivity contribution in [1.82, 2.24) is 9.55 Å². The van der Waals surface area contributed by atoms with Crippen molar-refractivity contribution in [2.75, 3.05) is 0 Å². The monoisotopic (exact) mass is 324 g/mol. The number of hydrogen-bond acceptors (Lipinski definition) is 3. The predicted octanol–water partition coefficient (Wildman–Crippen LogP) is 3.70. The van der Waals surface area contributed by atoms with Crippen molar-refractivity contribution in [2.45, 2.75) is 13.0 Å². The molecule has 1 N–H and O–H groups in total. The topological polar surface area (TPSA) is 55.1 Å². The van der Waals surface area contributed by atoms with Crippen LogP contribution in [0.4, 0.5) is 0 Å². The van der Waals surface area contributed by atoms with E-state index in [2.05, 4.69) is 4.98 Å². The molecule has 4 nitrogen and oxygen atoms in total. The molecule has 23 heavy (non-hydrogen) atoms. The van der Waals surface area contributed by atoms with Crippen molar-refractivity contribution >= 4 is 34.2 Å². The maximum Gasteiger partial charge on any atom is 0.261 e. The Kier molecular flexibility index (Phi) is 3.20. The minimum absolute atomic E-state index is 0.0317. The fraction of sp³-hybridized carbons (Fsp3) is 0.111. The maximum absolute atomic E-state index is 12.6. The molecule has 1 aliphatic heterocycles. The summed E-state index contributed by atoms with van der Waals surface area (Å²) in [5.41, 5.74) is 2.56. The van der Waals surface area contributed by atoms with E-state index in [4.69, 9.17) is 11.6 Å². The molecule has 5 heteroatoms. The van der Waals surface area contributed by atoms with E-state index in [9.17, 15) is 9.90 Å². The van der Waals surface area contributed by atoms with Gasteiger partial charge in [0.15, 0.2) is 0 Å². The molecule has 0 bridgehead atoms. The van der Waals surface area contributed by atoms with Crippen LogP contribution in [0, 0.1) is 0 Å². The summed E-state index contributed by atoms with van der Waals surface area (Å²) >= 11 is 6.02. The SMILES string of the molecule is O=c1c2ccc(Cl)cc2nc2n1CC/C2=C\c1ccc(O)cc1. The summed E-state index contributed by atoms with van der Waals surface area (Å²) in [6.45, 7) is 0.629. The van der Waals surface area contributed by atoms with Gasteiger partial charge in [0.1, 0.15) is 11.6 Å². The molecule has 0 unspecified atom stereocenters. The van der Waals surface area contributed by atoms with E-state index in [-0.39, 0.29) is 11.3 Å². The number of nitrogens with zero attached hydrogens (tertiary/aromatic N) is 2. The summed E-state index contributed by atoms with van der Waals surface area (Å²) in [5.74, 6) is 0.923. The Hall–Kier alpha value is -2.59. The number of halogens is 1. The number of benzene rings is 2. The number of aromatic hydroxyl groups is 1. The molecule has 0 spiro atoms. The van der Waals surface area contributed by atoms with Gasteiger partial charge in [-0.15, -0.1) is 0 Å². The highest BCUT2D eigenvalue weighted by atomic mass is 35.5. The second kappa shape index (κ2) is 5.25. The van der Waals surface area contributed by atoms with Crippen LogP contribution in [0.25, 0.3) is 22.6 Å². The van der Waals surface area contributed by atoms with Gasteiger partial charge < -0.3 is 5.11 Å². The lowest BCUT2D eigenvalue weighted by molar-refractivity contribution is 0.475. The zero-order chi connectivity index (χ0) is 16.0. The van der Waals surface area contributed by atoms with Crippen LogP contribution in [0.3, 0.4) is 0 Å². The molecular formula is C18H13ClN2O2. The van der Waals surface area contributed by atoms with E-state index in [0.29, 0.717) is 28.3 Å². The molecule has 114 valence electrons. The Bertz CT molecular complexity index is 1000. The molecule has 0 fully saturated rings.